The maximum absolute atomic E-state index is 12.5. The molecule has 5 heteroatoms. The molecule has 0 aliphatic rings. The van der Waals surface area contributed by atoms with Crippen molar-refractivity contribution in [1.82, 2.24) is 5.32 Å². The van der Waals surface area contributed by atoms with Crippen molar-refractivity contribution < 1.29 is 18.7 Å². The molecule has 0 aliphatic carbocycles. The molecule has 0 spiro atoms. The summed E-state index contributed by atoms with van der Waals surface area (Å²) in [6.07, 6.45) is 3.33. The van der Waals surface area contributed by atoms with Gasteiger partial charge in [-0.15, -0.1) is 0 Å². The van der Waals surface area contributed by atoms with Crippen LogP contribution in [0.25, 0.3) is 27.7 Å². The van der Waals surface area contributed by atoms with E-state index in [9.17, 15) is 4.79 Å². The minimum atomic E-state index is -0.156. The smallest absolute Gasteiger partial charge is 0.244 e. The van der Waals surface area contributed by atoms with Crippen molar-refractivity contribution in [3.63, 3.8) is 0 Å². The first-order valence-electron chi connectivity index (χ1n) is 10.3. The van der Waals surface area contributed by atoms with Gasteiger partial charge in [0.2, 0.25) is 5.91 Å². The number of fused-ring (bicyclic) bond motifs is 1. The first kappa shape index (κ1) is 21.2. The van der Waals surface area contributed by atoms with Gasteiger partial charge in [0.25, 0.3) is 0 Å². The van der Waals surface area contributed by atoms with Crippen LogP contribution < -0.4 is 14.8 Å². The number of furan rings is 1. The molecule has 0 fully saturated rings. The second-order valence-electron chi connectivity index (χ2n) is 7.46. The SMILES string of the molecule is COc1ccc(-c2coc3cc(OC)c(/C(C)=C/C(=O)NCc4ccccc4)cc23)cc1. The first-order valence-corrected chi connectivity index (χ1v) is 10.3. The van der Waals surface area contributed by atoms with Gasteiger partial charge in [0.15, 0.2) is 0 Å². The zero-order chi connectivity index (χ0) is 22.5. The Morgan fingerprint density at radius 1 is 1.00 bits per heavy atom. The van der Waals surface area contributed by atoms with Gasteiger partial charge in [0.1, 0.15) is 17.1 Å². The molecule has 0 aliphatic heterocycles. The minimum absolute atomic E-state index is 0.156. The Morgan fingerprint density at radius 3 is 2.44 bits per heavy atom. The van der Waals surface area contributed by atoms with Gasteiger partial charge >= 0.3 is 0 Å². The molecule has 32 heavy (non-hydrogen) atoms. The molecule has 1 heterocycles. The van der Waals surface area contributed by atoms with Crippen molar-refractivity contribution >= 4 is 22.4 Å². The van der Waals surface area contributed by atoms with E-state index < -0.39 is 0 Å². The van der Waals surface area contributed by atoms with Crippen LogP contribution in [0.3, 0.4) is 0 Å². The van der Waals surface area contributed by atoms with Crippen molar-refractivity contribution in [3.05, 3.63) is 90.2 Å². The Hall–Kier alpha value is -3.99. The van der Waals surface area contributed by atoms with Gasteiger partial charge in [-0.1, -0.05) is 42.5 Å². The van der Waals surface area contributed by atoms with Gasteiger partial charge in [-0.05, 0) is 41.8 Å². The predicted octanol–water partition coefficient (Wildman–Crippen LogP) is 5.84. The number of rotatable bonds is 7. The Bertz CT molecular complexity index is 1250. The van der Waals surface area contributed by atoms with Crippen LogP contribution >= 0.6 is 0 Å². The summed E-state index contributed by atoms with van der Waals surface area (Å²) in [6.45, 7) is 2.38. The lowest BCUT2D eigenvalue weighted by atomic mass is 9.99. The molecule has 0 radical (unpaired) electrons. The van der Waals surface area contributed by atoms with Crippen LogP contribution in [0, 0.1) is 0 Å². The number of benzene rings is 3. The van der Waals surface area contributed by atoms with Crippen LogP contribution in [0.5, 0.6) is 11.5 Å². The summed E-state index contributed by atoms with van der Waals surface area (Å²) in [6, 6.07) is 21.5. The molecule has 162 valence electrons. The highest BCUT2D eigenvalue weighted by Crippen LogP contribution is 2.37. The summed E-state index contributed by atoms with van der Waals surface area (Å²) in [5, 5.41) is 3.88. The van der Waals surface area contributed by atoms with Crippen molar-refractivity contribution in [2.75, 3.05) is 14.2 Å². The standard InChI is InChI=1S/C27H25NO4/c1-18(13-27(29)28-16-19-7-5-4-6-8-19)22-14-23-24(17-32-26(23)15-25(22)31-3)20-9-11-21(30-2)12-10-20/h4-15,17H,16H2,1-3H3,(H,28,29)/b18-13+. The fourth-order valence-electron chi connectivity index (χ4n) is 3.64. The highest BCUT2D eigenvalue weighted by Gasteiger charge is 2.15. The minimum Gasteiger partial charge on any atom is -0.497 e. The van der Waals surface area contributed by atoms with Crippen LogP contribution in [0.15, 0.2) is 83.5 Å². The predicted molar refractivity (Wildman–Crippen MR) is 127 cm³/mol. The monoisotopic (exact) mass is 427 g/mol. The topological polar surface area (TPSA) is 60.7 Å². The van der Waals surface area contributed by atoms with Gasteiger partial charge in [0, 0.05) is 35.2 Å². The highest BCUT2D eigenvalue weighted by atomic mass is 16.5. The lowest BCUT2D eigenvalue weighted by molar-refractivity contribution is -0.116. The van der Waals surface area contributed by atoms with E-state index in [-0.39, 0.29) is 5.91 Å². The summed E-state index contributed by atoms with van der Waals surface area (Å²) in [4.78, 5) is 12.5. The quantitative estimate of drug-likeness (QED) is 0.377. The number of carbonyl (C=O) groups excluding carboxylic acids is 1. The fourth-order valence-corrected chi connectivity index (χ4v) is 3.64. The third kappa shape index (κ3) is 4.52. The summed E-state index contributed by atoms with van der Waals surface area (Å²) in [5.41, 5.74) is 5.39. The third-order valence-electron chi connectivity index (χ3n) is 5.38. The molecule has 3 aromatic carbocycles. The summed E-state index contributed by atoms with van der Waals surface area (Å²) in [7, 11) is 3.26. The Kier molecular flexibility index (Phi) is 6.26. The largest absolute Gasteiger partial charge is 0.497 e. The van der Waals surface area contributed by atoms with E-state index >= 15 is 0 Å². The summed E-state index contributed by atoms with van der Waals surface area (Å²) >= 11 is 0. The zero-order valence-electron chi connectivity index (χ0n) is 18.3. The second kappa shape index (κ2) is 9.43. The molecule has 1 amide bonds. The van der Waals surface area contributed by atoms with Gasteiger partial charge in [-0.2, -0.15) is 0 Å². The van der Waals surface area contributed by atoms with Crippen LogP contribution in [-0.2, 0) is 11.3 Å². The van der Waals surface area contributed by atoms with Gasteiger partial charge in [-0.3, -0.25) is 4.79 Å². The molecule has 4 rings (SSSR count). The summed E-state index contributed by atoms with van der Waals surface area (Å²) in [5.74, 6) is 1.29. The Balaban J connectivity index is 1.64. The highest BCUT2D eigenvalue weighted by molar-refractivity contribution is 6.00. The molecule has 0 atom stereocenters. The average Bonchev–Trinajstić information content (AvgIpc) is 3.25. The Labute approximate surface area is 187 Å². The van der Waals surface area contributed by atoms with E-state index in [1.807, 2.05) is 73.7 Å². The molecule has 0 saturated carbocycles. The molecule has 1 N–H and O–H groups in total. The van der Waals surface area contributed by atoms with Crippen molar-refractivity contribution in [3.8, 4) is 22.6 Å². The first-order chi connectivity index (χ1) is 15.6. The number of carbonyl (C=O) groups is 1. The third-order valence-corrected chi connectivity index (χ3v) is 5.38. The lowest BCUT2D eigenvalue weighted by Gasteiger charge is -2.10. The van der Waals surface area contributed by atoms with E-state index in [0.717, 1.165) is 44.5 Å². The molecule has 4 aromatic rings. The van der Waals surface area contributed by atoms with Crippen LogP contribution in [0.4, 0.5) is 0 Å². The van der Waals surface area contributed by atoms with E-state index in [0.29, 0.717) is 12.3 Å². The van der Waals surface area contributed by atoms with Gasteiger partial charge < -0.3 is 19.2 Å². The van der Waals surface area contributed by atoms with Crippen molar-refractivity contribution in [2.45, 2.75) is 13.5 Å². The fraction of sp³-hybridized carbons (Fsp3) is 0.148. The average molecular weight is 428 g/mol. The second-order valence-corrected chi connectivity index (χ2v) is 7.46. The molecular formula is C27H25NO4. The van der Waals surface area contributed by atoms with Gasteiger partial charge in [-0.25, -0.2) is 0 Å². The molecule has 0 saturated heterocycles. The number of amides is 1. The number of ether oxygens (including phenoxy) is 2. The lowest BCUT2D eigenvalue weighted by Crippen LogP contribution is -2.20. The Morgan fingerprint density at radius 2 is 1.75 bits per heavy atom. The molecule has 0 bridgehead atoms. The number of hydrogen-bond donors (Lipinski definition) is 1. The van der Waals surface area contributed by atoms with Crippen LogP contribution in [0.1, 0.15) is 18.1 Å². The van der Waals surface area contributed by atoms with E-state index in [4.69, 9.17) is 13.9 Å². The normalized spacial score (nSPS) is 11.4. The van der Waals surface area contributed by atoms with E-state index in [1.165, 1.54) is 0 Å². The van der Waals surface area contributed by atoms with Gasteiger partial charge in [0.05, 0.1) is 20.5 Å². The molecule has 1 aromatic heterocycles. The maximum atomic E-state index is 12.5. The van der Waals surface area contributed by atoms with E-state index in [2.05, 4.69) is 5.32 Å². The zero-order valence-corrected chi connectivity index (χ0v) is 18.3. The van der Waals surface area contributed by atoms with Crippen molar-refractivity contribution in [1.29, 1.82) is 0 Å². The molecule has 0 unspecified atom stereocenters. The van der Waals surface area contributed by atoms with Crippen LogP contribution in [-0.4, -0.2) is 20.1 Å². The number of allylic oxidation sites excluding steroid dienone is 1. The number of hydrogen-bond acceptors (Lipinski definition) is 4. The number of nitrogens with one attached hydrogen (secondary N) is 1. The van der Waals surface area contributed by atoms with Crippen molar-refractivity contribution in [2.24, 2.45) is 0 Å². The summed E-state index contributed by atoms with van der Waals surface area (Å²) < 4.78 is 16.6. The van der Waals surface area contributed by atoms with Crippen LogP contribution in [0.2, 0.25) is 0 Å². The number of methoxy groups -OCH3 is 2. The molecule has 5 nitrogen and oxygen atoms in total. The maximum Gasteiger partial charge on any atom is 0.244 e. The molecular weight excluding hydrogens is 402 g/mol. The van der Waals surface area contributed by atoms with E-state index in [1.54, 1.807) is 26.6 Å².